The summed E-state index contributed by atoms with van der Waals surface area (Å²) in [5, 5.41) is 0. The zero-order valence-corrected chi connectivity index (χ0v) is 10.6. The molecule has 0 N–H and O–H groups in total. The normalized spacial score (nSPS) is 19.9. The van der Waals surface area contributed by atoms with Gasteiger partial charge in [0.2, 0.25) is 0 Å². The SMILES string of the molecule is CCO[C@@H]1CCCN(C(=O)c2ccccc2F)C1. The highest BCUT2D eigenvalue weighted by Crippen LogP contribution is 2.17. The van der Waals surface area contributed by atoms with E-state index in [1.54, 1.807) is 17.0 Å². The summed E-state index contributed by atoms with van der Waals surface area (Å²) in [6.45, 7) is 3.82. The fourth-order valence-corrected chi connectivity index (χ4v) is 2.30. The summed E-state index contributed by atoms with van der Waals surface area (Å²) in [7, 11) is 0. The molecule has 18 heavy (non-hydrogen) atoms. The molecule has 1 aromatic rings. The average Bonchev–Trinajstić information content (AvgIpc) is 2.39. The standard InChI is InChI=1S/C14H18FNO2/c1-2-18-11-6-5-9-16(10-11)14(17)12-7-3-4-8-13(12)15/h3-4,7-8,11H,2,5-6,9-10H2,1H3/t11-/m1/s1. The number of ether oxygens (including phenoxy) is 1. The lowest BCUT2D eigenvalue weighted by molar-refractivity contribution is 0.00708. The van der Waals surface area contributed by atoms with Crippen LogP contribution in [-0.2, 0) is 4.74 Å². The van der Waals surface area contributed by atoms with Gasteiger partial charge in [0, 0.05) is 19.7 Å². The number of rotatable bonds is 3. The molecule has 0 aliphatic carbocycles. The molecule has 0 unspecified atom stereocenters. The summed E-state index contributed by atoms with van der Waals surface area (Å²) in [5.74, 6) is -0.696. The lowest BCUT2D eigenvalue weighted by atomic mass is 10.1. The monoisotopic (exact) mass is 251 g/mol. The molecule has 0 bridgehead atoms. The number of carbonyl (C=O) groups excluding carboxylic acids is 1. The summed E-state index contributed by atoms with van der Waals surface area (Å²) < 4.78 is 19.1. The number of halogens is 1. The average molecular weight is 251 g/mol. The molecule has 0 radical (unpaired) electrons. The van der Waals surface area contributed by atoms with E-state index in [-0.39, 0.29) is 17.6 Å². The second-order valence-electron chi connectivity index (χ2n) is 4.45. The van der Waals surface area contributed by atoms with Crippen LogP contribution in [0.4, 0.5) is 4.39 Å². The Bertz CT molecular complexity index is 420. The summed E-state index contributed by atoms with van der Waals surface area (Å²) in [4.78, 5) is 13.9. The van der Waals surface area contributed by atoms with E-state index in [4.69, 9.17) is 4.74 Å². The van der Waals surface area contributed by atoms with Crippen LogP contribution in [0.5, 0.6) is 0 Å². The molecule has 0 saturated carbocycles. The molecule has 0 aromatic heterocycles. The van der Waals surface area contributed by atoms with Gasteiger partial charge in [0.25, 0.3) is 5.91 Å². The molecule has 1 amide bonds. The summed E-state index contributed by atoms with van der Waals surface area (Å²) in [6.07, 6.45) is 1.96. The van der Waals surface area contributed by atoms with Gasteiger partial charge >= 0.3 is 0 Å². The summed E-state index contributed by atoms with van der Waals surface area (Å²) in [6, 6.07) is 6.12. The maximum atomic E-state index is 13.6. The first-order valence-corrected chi connectivity index (χ1v) is 6.37. The zero-order valence-electron chi connectivity index (χ0n) is 10.6. The predicted molar refractivity (Wildman–Crippen MR) is 67.0 cm³/mol. The molecular formula is C14H18FNO2. The Hall–Kier alpha value is -1.42. The lowest BCUT2D eigenvalue weighted by Gasteiger charge is -2.32. The van der Waals surface area contributed by atoms with Crippen LogP contribution < -0.4 is 0 Å². The molecule has 1 aromatic carbocycles. The van der Waals surface area contributed by atoms with Crippen LogP contribution in [0.3, 0.4) is 0 Å². The largest absolute Gasteiger partial charge is 0.377 e. The third-order valence-electron chi connectivity index (χ3n) is 3.17. The first kappa shape index (κ1) is 13.0. The smallest absolute Gasteiger partial charge is 0.256 e. The van der Waals surface area contributed by atoms with Gasteiger partial charge in [-0.2, -0.15) is 0 Å². The Balaban J connectivity index is 2.07. The Morgan fingerprint density at radius 2 is 2.28 bits per heavy atom. The minimum absolute atomic E-state index is 0.0828. The molecule has 2 rings (SSSR count). The van der Waals surface area contributed by atoms with Crippen molar-refractivity contribution in [3.63, 3.8) is 0 Å². The summed E-state index contributed by atoms with van der Waals surface area (Å²) in [5.41, 5.74) is 0.148. The molecule has 98 valence electrons. The number of hydrogen-bond acceptors (Lipinski definition) is 2. The van der Waals surface area contributed by atoms with Crippen LogP contribution in [0.2, 0.25) is 0 Å². The van der Waals surface area contributed by atoms with Crippen molar-refractivity contribution in [2.75, 3.05) is 19.7 Å². The molecule has 1 fully saturated rings. The van der Waals surface area contributed by atoms with Gasteiger partial charge in [0.1, 0.15) is 5.82 Å². The van der Waals surface area contributed by atoms with Gasteiger partial charge in [-0.05, 0) is 31.9 Å². The number of benzene rings is 1. The second-order valence-corrected chi connectivity index (χ2v) is 4.45. The maximum absolute atomic E-state index is 13.6. The van der Waals surface area contributed by atoms with E-state index < -0.39 is 5.82 Å². The predicted octanol–water partition coefficient (Wildman–Crippen LogP) is 2.47. The van der Waals surface area contributed by atoms with Crippen molar-refractivity contribution in [3.8, 4) is 0 Å². The van der Waals surface area contributed by atoms with Gasteiger partial charge in [-0.15, -0.1) is 0 Å². The van der Waals surface area contributed by atoms with Gasteiger partial charge < -0.3 is 9.64 Å². The van der Waals surface area contributed by atoms with E-state index in [1.165, 1.54) is 12.1 Å². The van der Waals surface area contributed by atoms with E-state index >= 15 is 0 Å². The Kier molecular flexibility index (Phi) is 4.31. The number of likely N-dealkylation sites (tertiary alicyclic amines) is 1. The number of nitrogens with zero attached hydrogens (tertiary/aromatic N) is 1. The fourth-order valence-electron chi connectivity index (χ4n) is 2.30. The Labute approximate surface area is 107 Å². The van der Waals surface area contributed by atoms with Crippen LogP contribution in [0.15, 0.2) is 24.3 Å². The van der Waals surface area contributed by atoms with E-state index in [2.05, 4.69) is 0 Å². The third kappa shape index (κ3) is 2.88. The van der Waals surface area contributed by atoms with E-state index in [0.29, 0.717) is 19.7 Å². The van der Waals surface area contributed by atoms with Crippen molar-refractivity contribution in [2.24, 2.45) is 0 Å². The van der Waals surface area contributed by atoms with Crippen LogP contribution in [0.25, 0.3) is 0 Å². The van der Waals surface area contributed by atoms with Crippen molar-refractivity contribution in [1.82, 2.24) is 4.90 Å². The van der Waals surface area contributed by atoms with Crippen LogP contribution in [0.1, 0.15) is 30.1 Å². The van der Waals surface area contributed by atoms with E-state index in [9.17, 15) is 9.18 Å². The highest BCUT2D eigenvalue weighted by atomic mass is 19.1. The van der Waals surface area contributed by atoms with Gasteiger partial charge in [-0.25, -0.2) is 4.39 Å². The molecule has 1 atom stereocenters. The van der Waals surface area contributed by atoms with Crippen molar-refractivity contribution >= 4 is 5.91 Å². The van der Waals surface area contributed by atoms with Crippen molar-refractivity contribution < 1.29 is 13.9 Å². The summed E-state index contributed by atoms with van der Waals surface area (Å²) >= 11 is 0. The van der Waals surface area contributed by atoms with Crippen molar-refractivity contribution in [2.45, 2.75) is 25.9 Å². The molecule has 1 aliphatic heterocycles. The minimum atomic E-state index is -0.457. The Morgan fingerprint density at radius 1 is 1.50 bits per heavy atom. The molecule has 4 heteroatoms. The molecule has 3 nitrogen and oxygen atoms in total. The first-order chi connectivity index (χ1) is 8.72. The molecular weight excluding hydrogens is 233 g/mol. The highest BCUT2D eigenvalue weighted by molar-refractivity contribution is 5.94. The van der Waals surface area contributed by atoms with Gasteiger partial charge in [0.05, 0.1) is 11.7 Å². The van der Waals surface area contributed by atoms with Gasteiger partial charge in [-0.1, -0.05) is 12.1 Å². The molecule has 1 saturated heterocycles. The molecule has 1 heterocycles. The maximum Gasteiger partial charge on any atom is 0.256 e. The second kappa shape index (κ2) is 5.96. The highest BCUT2D eigenvalue weighted by Gasteiger charge is 2.25. The molecule has 1 aliphatic rings. The van der Waals surface area contributed by atoms with Crippen LogP contribution >= 0.6 is 0 Å². The van der Waals surface area contributed by atoms with Gasteiger partial charge in [0.15, 0.2) is 0 Å². The fraction of sp³-hybridized carbons (Fsp3) is 0.500. The van der Waals surface area contributed by atoms with E-state index in [1.807, 2.05) is 6.92 Å². The number of piperidine rings is 1. The van der Waals surface area contributed by atoms with Crippen LogP contribution in [-0.4, -0.2) is 36.6 Å². The van der Waals surface area contributed by atoms with Crippen molar-refractivity contribution in [1.29, 1.82) is 0 Å². The zero-order chi connectivity index (χ0) is 13.0. The molecule has 0 spiro atoms. The first-order valence-electron chi connectivity index (χ1n) is 6.37. The van der Waals surface area contributed by atoms with Gasteiger partial charge in [-0.3, -0.25) is 4.79 Å². The van der Waals surface area contributed by atoms with E-state index in [0.717, 1.165) is 12.8 Å². The number of carbonyl (C=O) groups is 1. The lowest BCUT2D eigenvalue weighted by Crippen LogP contribution is -2.43. The minimum Gasteiger partial charge on any atom is -0.377 e. The topological polar surface area (TPSA) is 29.5 Å². The quantitative estimate of drug-likeness (QED) is 0.826. The third-order valence-corrected chi connectivity index (χ3v) is 3.17. The Morgan fingerprint density at radius 3 is 3.00 bits per heavy atom. The van der Waals surface area contributed by atoms with Crippen LogP contribution in [0, 0.1) is 5.82 Å². The number of amides is 1. The number of hydrogen-bond donors (Lipinski definition) is 0. The van der Waals surface area contributed by atoms with Crippen molar-refractivity contribution in [3.05, 3.63) is 35.6 Å².